The molecule has 0 aliphatic carbocycles. The third kappa shape index (κ3) is 83.8. The van der Waals surface area contributed by atoms with Crippen LogP contribution in [0.1, 0.15) is 485 Å². The molecule has 0 radical (unpaired) electrons. The fourth-order valence-electron chi connectivity index (χ4n) is 14.1. The largest absolute Gasteiger partial charge is 0.472 e. The standard InChI is InChI=1S/C90H176O17P2/c1-7-9-11-13-15-17-19-21-22-23-24-25-26-27-32-38-44-50-56-62-68-74-89(94)106-86(79-101-88(93)73-67-61-55-49-43-37-31-29-28-30-35-40-46-52-58-64-70-82(3)4)81-105-109(98,99)103-77-84(91)76-102-108(96,97)104-80-85(78-100-87(92)72-66-60-54-48-42-34-20-18-16-14-12-10-8-2)107-90(95)75-69-63-57-51-45-39-33-36-41-47-53-59-65-71-83(5)6/h82-86,91H,7-81H2,1-6H3,(H,96,97)(H,98,99)/t84-,85+,86+/m0/s1. The van der Waals surface area contributed by atoms with Gasteiger partial charge in [0, 0.05) is 25.7 Å². The van der Waals surface area contributed by atoms with Crippen LogP contribution in [0.15, 0.2) is 0 Å². The molecule has 0 amide bonds. The van der Waals surface area contributed by atoms with Crippen molar-refractivity contribution in [2.75, 3.05) is 39.6 Å². The van der Waals surface area contributed by atoms with E-state index >= 15 is 0 Å². The number of hydrogen-bond acceptors (Lipinski definition) is 15. The topological polar surface area (TPSA) is 237 Å². The Bertz CT molecular complexity index is 2080. The normalized spacial score (nSPS) is 13.8. The average molecular weight is 1590 g/mol. The highest BCUT2D eigenvalue weighted by Gasteiger charge is 2.31. The Kier molecular flexibility index (Phi) is 79.8. The first-order chi connectivity index (χ1) is 52.9. The first-order valence-corrected chi connectivity index (χ1v) is 49.5. The van der Waals surface area contributed by atoms with Crippen LogP contribution < -0.4 is 0 Å². The summed E-state index contributed by atoms with van der Waals surface area (Å²) >= 11 is 0. The molecule has 0 aliphatic heterocycles. The molecule has 0 heterocycles. The molecule has 648 valence electrons. The van der Waals surface area contributed by atoms with Crippen LogP contribution in [0.5, 0.6) is 0 Å². The van der Waals surface area contributed by atoms with Crippen LogP contribution in [0.3, 0.4) is 0 Å². The van der Waals surface area contributed by atoms with Crippen LogP contribution in [0, 0.1) is 11.8 Å². The Hall–Kier alpha value is -1.94. The maximum absolute atomic E-state index is 13.2. The minimum atomic E-state index is -4.97. The number of carbonyl (C=O) groups is 4. The number of rotatable bonds is 89. The highest BCUT2D eigenvalue weighted by Crippen LogP contribution is 2.45. The lowest BCUT2D eigenvalue weighted by Crippen LogP contribution is -2.30. The monoisotopic (exact) mass is 1590 g/mol. The molecule has 17 nitrogen and oxygen atoms in total. The number of aliphatic hydroxyl groups is 1. The van der Waals surface area contributed by atoms with E-state index in [9.17, 15) is 43.2 Å². The first-order valence-electron chi connectivity index (χ1n) is 46.5. The van der Waals surface area contributed by atoms with Gasteiger partial charge >= 0.3 is 39.5 Å². The number of phosphoric acid groups is 2. The van der Waals surface area contributed by atoms with E-state index in [0.29, 0.717) is 25.7 Å². The second-order valence-electron chi connectivity index (χ2n) is 33.3. The summed E-state index contributed by atoms with van der Waals surface area (Å²) in [6.45, 7) is 9.75. The van der Waals surface area contributed by atoms with Crippen molar-refractivity contribution in [3.8, 4) is 0 Å². The van der Waals surface area contributed by atoms with Crippen molar-refractivity contribution >= 4 is 39.5 Å². The molecule has 0 spiro atoms. The zero-order chi connectivity index (χ0) is 79.9. The zero-order valence-corrected chi connectivity index (χ0v) is 73.7. The van der Waals surface area contributed by atoms with E-state index in [1.807, 2.05) is 0 Å². The molecule has 0 saturated heterocycles. The lowest BCUT2D eigenvalue weighted by molar-refractivity contribution is -0.161. The molecule has 0 rings (SSSR count). The Labute approximate surface area is 670 Å². The average Bonchev–Trinajstić information content (AvgIpc) is 0.892. The number of aliphatic hydroxyl groups excluding tert-OH is 1. The van der Waals surface area contributed by atoms with Crippen LogP contribution in [-0.2, 0) is 65.4 Å². The molecule has 3 N–H and O–H groups in total. The van der Waals surface area contributed by atoms with E-state index in [-0.39, 0.29) is 25.7 Å². The number of unbranched alkanes of at least 4 members (excludes halogenated alkanes) is 59. The molecule has 19 heteroatoms. The van der Waals surface area contributed by atoms with Gasteiger partial charge in [0.15, 0.2) is 12.2 Å². The predicted molar refractivity (Wildman–Crippen MR) is 451 cm³/mol. The summed E-state index contributed by atoms with van der Waals surface area (Å²) in [5.41, 5.74) is 0. The van der Waals surface area contributed by atoms with Gasteiger partial charge in [0.05, 0.1) is 26.4 Å². The van der Waals surface area contributed by atoms with Gasteiger partial charge in [0.1, 0.15) is 19.3 Å². The zero-order valence-electron chi connectivity index (χ0n) is 71.9. The third-order valence-corrected chi connectivity index (χ3v) is 23.1. The highest BCUT2D eigenvalue weighted by atomic mass is 31.2. The lowest BCUT2D eigenvalue weighted by Gasteiger charge is -2.21. The summed E-state index contributed by atoms with van der Waals surface area (Å²) < 4.78 is 69.1. The first kappa shape index (κ1) is 107. The Morgan fingerprint density at radius 1 is 0.248 bits per heavy atom. The predicted octanol–water partition coefficient (Wildman–Crippen LogP) is 27.8. The molecule has 0 aromatic heterocycles. The maximum Gasteiger partial charge on any atom is 0.472 e. The summed E-state index contributed by atoms with van der Waals surface area (Å²) in [7, 11) is -9.93. The van der Waals surface area contributed by atoms with Crippen molar-refractivity contribution in [2.45, 2.75) is 503 Å². The number of carbonyl (C=O) groups excluding carboxylic acids is 4. The van der Waals surface area contributed by atoms with Crippen molar-refractivity contribution < 1.29 is 80.2 Å². The second-order valence-corrected chi connectivity index (χ2v) is 36.2. The summed E-state index contributed by atoms with van der Waals surface area (Å²) in [5, 5.41) is 10.7. The molecule has 5 atom stereocenters. The summed E-state index contributed by atoms with van der Waals surface area (Å²) in [4.78, 5) is 73.4. The quantitative estimate of drug-likeness (QED) is 0.0222. The van der Waals surface area contributed by atoms with Crippen LogP contribution >= 0.6 is 15.6 Å². The molecule has 0 aliphatic rings. The van der Waals surface area contributed by atoms with Gasteiger partial charge in [-0.05, 0) is 37.5 Å². The van der Waals surface area contributed by atoms with Crippen LogP contribution in [-0.4, -0.2) is 96.7 Å². The SMILES string of the molecule is CCCCCCCCCCCCCCCCCCCCCCCC(=O)O[C@H](COC(=O)CCCCCCCCCCCCCCCCCCC(C)C)COP(=O)(O)OC[C@@H](O)COP(=O)(O)OC[C@@H](COC(=O)CCCCCCCCCCCCCCC)OC(=O)CCCCCCCCCCCCCCCC(C)C. The van der Waals surface area contributed by atoms with Crippen molar-refractivity contribution in [3.63, 3.8) is 0 Å². The number of hydrogen-bond donors (Lipinski definition) is 3. The number of phosphoric ester groups is 2. The van der Waals surface area contributed by atoms with E-state index in [0.717, 1.165) is 102 Å². The smallest absolute Gasteiger partial charge is 0.462 e. The van der Waals surface area contributed by atoms with Gasteiger partial charge in [-0.25, -0.2) is 9.13 Å². The molecular formula is C90H176O17P2. The van der Waals surface area contributed by atoms with Gasteiger partial charge in [-0.3, -0.25) is 37.3 Å². The number of esters is 4. The highest BCUT2D eigenvalue weighted by molar-refractivity contribution is 7.47. The third-order valence-electron chi connectivity index (χ3n) is 21.2. The maximum atomic E-state index is 13.2. The van der Waals surface area contributed by atoms with Gasteiger partial charge < -0.3 is 33.8 Å². The van der Waals surface area contributed by atoms with Crippen molar-refractivity contribution in [1.29, 1.82) is 0 Å². The summed E-state index contributed by atoms with van der Waals surface area (Å²) in [5.74, 6) is -0.496. The summed E-state index contributed by atoms with van der Waals surface area (Å²) in [6, 6.07) is 0. The lowest BCUT2D eigenvalue weighted by atomic mass is 10.0. The second kappa shape index (κ2) is 81.2. The molecule has 0 aromatic rings. The fourth-order valence-corrected chi connectivity index (χ4v) is 15.7. The Morgan fingerprint density at radius 2 is 0.422 bits per heavy atom. The molecule has 109 heavy (non-hydrogen) atoms. The van der Waals surface area contributed by atoms with E-state index in [2.05, 4.69) is 41.5 Å². The minimum absolute atomic E-state index is 0.108. The molecule has 0 fully saturated rings. The fraction of sp³-hybridized carbons (Fsp3) is 0.956. The van der Waals surface area contributed by atoms with Crippen molar-refractivity contribution in [1.82, 2.24) is 0 Å². The molecule has 0 saturated carbocycles. The van der Waals surface area contributed by atoms with Crippen molar-refractivity contribution in [2.24, 2.45) is 11.8 Å². The number of ether oxygens (including phenoxy) is 4. The Balaban J connectivity index is 5.26. The van der Waals surface area contributed by atoms with E-state index in [1.54, 1.807) is 0 Å². The van der Waals surface area contributed by atoms with E-state index in [4.69, 9.17) is 37.0 Å². The van der Waals surface area contributed by atoms with Crippen LogP contribution in [0.4, 0.5) is 0 Å². The molecule has 2 unspecified atom stereocenters. The molecule has 0 bridgehead atoms. The molecule has 0 aromatic carbocycles. The van der Waals surface area contributed by atoms with Crippen molar-refractivity contribution in [3.05, 3.63) is 0 Å². The van der Waals surface area contributed by atoms with Crippen LogP contribution in [0.25, 0.3) is 0 Å². The van der Waals surface area contributed by atoms with Crippen LogP contribution in [0.2, 0.25) is 0 Å². The van der Waals surface area contributed by atoms with Gasteiger partial charge in [0.2, 0.25) is 0 Å². The minimum Gasteiger partial charge on any atom is -0.462 e. The van der Waals surface area contributed by atoms with E-state index < -0.39 is 97.5 Å². The van der Waals surface area contributed by atoms with Gasteiger partial charge in [0.25, 0.3) is 0 Å². The molecular weight excluding hydrogens is 1410 g/mol. The van der Waals surface area contributed by atoms with Gasteiger partial charge in [-0.2, -0.15) is 0 Å². The summed E-state index contributed by atoms with van der Waals surface area (Å²) in [6.07, 6.45) is 75.0. The Morgan fingerprint density at radius 3 is 0.624 bits per heavy atom. The van der Waals surface area contributed by atoms with E-state index in [1.165, 1.54) is 302 Å². The van der Waals surface area contributed by atoms with Gasteiger partial charge in [-0.15, -0.1) is 0 Å². The van der Waals surface area contributed by atoms with Gasteiger partial charge in [-0.1, -0.05) is 433 Å².